The largest absolute Gasteiger partial charge is 2.00 e. The third-order valence-electron chi connectivity index (χ3n) is 18.4. The maximum atomic E-state index is 3.21. The molecule has 0 saturated carbocycles. The van der Waals surface area contributed by atoms with Crippen molar-refractivity contribution in [2.75, 3.05) is 19.6 Å². The van der Waals surface area contributed by atoms with Crippen molar-refractivity contribution in [2.24, 2.45) is 0 Å². The SMILES string of the molecule is C1=c2ccccc2=CC2C1N(c1ccccc1)c1cc3ccccc3cc1N2c1ccccc1.Cc1[c-]c(C)cc(C)c1.Cc1cc(C)c(B2c3ccccc3N3c4c(cc5ccccc5c42)N(c2ccccc2)C2C=c4ccccc4=CC23)c(C)c1.[Br-].[Mg+2]. The van der Waals surface area contributed by atoms with Gasteiger partial charge in [-0.3, -0.25) is 0 Å². The topological polar surface area (TPSA) is 13.0 Å². The van der Waals surface area contributed by atoms with Crippen LogP contribution < -0.4 is 73.8 Å². The van der Waals surface area contributed by atoms with Crippen molar-refractivity contribution in [3.8, 4) is 0 Å². The van der Waals surface area contributed by atoms with Crippen LogP contribution in [0, 0.1) is 47.6 Å². The Bertz CT molecular complexity index is 4720. The molecule has 12 aromatic carbocycles. The van der Waals surface area contributed by atoms with Crippen LogP contribution in [0.4, 0.5) is 45.5 Å². The normalized spacial score (nSPS) is 16.7. The van der Waals surface area contributed by atoms with Gasteiger partial charge in [-0.2, -0.15) is 34.9 Å². The monoisotopic (exact) mass is 1220 g/mol. The zero-order valence-corrected chi connectivity index (χ0v) is 54.3. The van der Waals surface area contributed by atoms with E-state index in [1.165, 1.54) is 138 Å². The Morgan fingerprint density at radius 1 is 0.326 bits per heavy atom. The number of rotatable bonds is 4. The molecular formula is C82H68BBrMgN4. The van der Waals surface area contributed by atoms with Gasteiger partial charge in [-0.25, -0.2) is 0 Å². The van der Waals surface area contributed by atoms with Crippen LogP contribution in [0.25, 0.3) is 45.8 Å². The average molecular weight is 1220 g/mol. The number of hydrogen-bond donors (Lipinski definition) is 0. The van der Waals surface area contributed by atoms with Crippen LogP contribution in [-0.2, 0) is 0 Å². The first-order valence-electron chi connectivity index (χ1n) is 30.8. The first-order valence-corrected chi connectivity index (χ1v) is 30.8. The molecule has 0 N–H and O–H groups in total. The van der Waals surface area contributed by atoms with Crippen LogP contribution in [0.15, 0.2) is 255 Å². The fourth-order valence-electron chi connectivity index (χ4n) is 15.1. The van der Waals surface area contributed by atoms with Gasteiger partial charge in [0.1, 0.15) is 0 Å². The van der Waals surface area contributed by atoms with Crippen LogP contribution >= 0.6 is 0 Å². The van der Waals surface area contributed by atoms with E-state index in [4.69, 9.17) is 0 Å². The van der Waals surface area contributed by atoms with E-state index in [1.807, 2.05) is 0 Å². The molecule has 0 amide bonds. The summed E-state index contributed by atoms with van der Waals surface area (Å²) in [6.45, 7) is 13.2. The number of benzene rings is 12. The summed E-state index contributed by atoms with van der Waals surface area (Å²) in [6, 6.07) is 97.0. The Kier molecular flexibility index (Phi) is 16.4. The van der Waals surface area contributed by atoms with Crippen molar-refractivity contribution in [3.63, 3.8) is 0 Å². The molecular weight excluding hydrogens is 1160 g/mol. The fourth-order valence-corrected chi connectivity index (χ4v) is 15.1. The van der Waals surface area contributed by atoms with E-state index >= 15 is 0 Å². The number of aryl methyl sites for hydroxylation is 6. The number of hydrogen-bond acceptors (Lipinski definition) is 4. The van der Waals surface area contributed by atoms with Gasteiger partial charge in [0.25, 0.3) is 0 Å². The van der Waals surface area contributed by atoms with Gasteiger partial charge in [-0.05, 0) is 135 Å². The second-order valence-corrected chi connectivity index (χ2v) is 24.3. The second kappa shape index (κ2) is 24.6. The molecule has 0 radical (unpaired) electrons. The molecule has 4 unspecified atom stereocenters. The minimum Gasteiger partial charge on any atom is -1.00 e. The van der Waals surface area contributed by atoms with Gasteiger partial charge in [0.05, 0.1) is 46.9 Å². The summed E-state index contributed by atoms with van der Waals surface area (Å²) < 4.78 is 0. The van der Waals surface area contributed by atoms with Gasteiger partial charge < -0.3 is 36.6 Å². The maximum Gasteiger partial charge on any atom is 2.00 e. The van der Waals surface area contributed by atoms with Crippen molar-refractivity contribution < 1.29 is 17.0 Å². The van der Waals surface area contributed by atoms with Crippen LogP contribution in [0.1, 0.15) is 33.4 Å². The fraction of sp³-hybridized carbons (Fsp3) is 0.122. The molecule has 3 heterocycles. The van der Waals surface area contributed by atoms with E-state index in [-0.39, 0.29) is 70.9 Å². The molecule has 0 saturated heterocycles. The molecule has 0 bridgehead atoms. The van der Waals surface area contributed by atoms with Crippen molar-refractivity contribution in [1.82, 2.24) is 0 Å². The summed E-state index contributed by atoms with van der Waals surface area (Å²) in [5.41, 5.74) is 22.1. The minimum atomic E-state index is 0. The molecule has 4 atom stereocenters. The van der Waals surface area contributed by atoms with Crippen LogP contribution in [0.2, 0.25) is 0 Å². The van der Waals surface area contributed by atoms with Gasteiger partial charge in [0.15, 0.2) is 0 Å². The number of halogens is 1. The summed E-state index contributed by atoms with van der Waals surface area (Å²) in [4.78, 5) is 10.3. The molecule has 12 aromatic rings. The van der Waals surface area contributed by atoms with Gasteiger partial charge in [-0.15, -0.1) is 0 Å². The number of fused-ring (bicyclic) bond motifs is 11. The van der Waals surface area contributed by atoms with Crippen molar-refractivity contribution in [3.05, 3.63) is 315 Å². The van der Waals surface area contributed by atoms with Gasteiger partial charge in [0, 0.05) is 22.7 Å². The molecule has 7 heteroatoms. The van der Waals surface area contributed by atoms with E-state index in [2.05, 4.69) is 346 Å². The predicted octanol–water partition coefficient (Wildman–Crippen LogP) is 11.1. The third-order valence-corrected chi connectivity index (χ3v) is 18.4. The van der Waals surface area contributed by atoms with Crippen molar-refractivity contribution in [2.45, 2.75) is 65.7 Å². The van der Waals surface area contributed by atoms with E-state index in [9.17, 15) is 0 Å². The first-order chi connectivity index (χ1) is 42.6. The van der Waals surface area contributed by atoms with Crippen LogP contribution in [-0.4, -0.2) is 53.9 Å². The number of anilines is 8. The summed E-state index contributed by atoms with van der Waals surface area (Å²) in [5, 5.41) is 10.3. The molecule has 5 aliphatic rings. The van der Waals surface area contributed by atoms with Crippen molar-refractivity contribution >= 4 is 138 Å². The zero-order valence-electron chi connectivity index (χ0n) is 51.3. The van der Waals surface area contributed by atoms with E-state index < -0.39 is 0 Å². The molecule has 89 heavy (non-hydrogen) atoms. The minimum absolute atomic E-state index is 0. The standard InChI is InChI=1S/C41H33BN2.C32H24N2.C9H11.BrH.Mg/c1-26-21-27(2)39(28(3)22-26)42-34-19-11-12-20-35(34)44-37-24-30-14-8-7-13-29(30)23-36(37)43(32-16-5-4-6-17-32)38-25-31-15-9-10-18-33(31)40(42)41(38)44;1-3-15-27(16-4-1)33-29-19-23-11-7-9-13-25(23)21-31(29)34(28-17-5-2-6-18-28)32-22-26-14-10-8-12-24(26)20-30(32)33;1-7-4-8(2)6-9(3)5-7;;/h4-25,36-37H,1-3H3;1-22,29,31H;4-5H,1-3H3;1H;/q;;-1;;+2/p-1. The van der Waals surface area contributed by atoms with E-state index in [0.717, 1.165) is 0 Å². The average Bonchev–Trinajstić information content (AvgIpc) is 0.783. The molecule has 4 nitrogen and oxygen atoms in total. The Morgan fingerprint density at radius 2 is 0.685 bits per heavy atom. The summed E-state index contributed by atoms with van der Waals surface area (Å²) >= 11 is 0. The number of nitrogens with zero attached hydrogens (tertiary/aromatic N) is 4. The van der Waals surface area contributed by atoms with E-state index in [0.29, 0.717) is 0 Å². The predicted molar refractivity (Wildman–Crippen MR) is 377 cm³/mol. The molecule has 428 valence electrons. The van der Waals surface area contributed by atoms with Crippen LogP contribution in [0.5, 0.6) is 0 Å². The maximum absolute atomic E-state index is 3.21. The van der Waals surface area contributed by atoms with Gasteiger partial charge in [0.2, 0.25) is 6.71 Å². The summed E-state index contributed by atoms with van der Waals surface area (Å²) in [7, 11) is 0. The van der Waals surface area contributed by atoms with E-state index in [1.54, 1.807) is 0 Å². The van der Waals surface area contributed by atoms with Gasteiger partial charge in [-0.1, -0.05) is 249 Å². The molecule has 0 aromatic heterocycles. The quantitative estimate of drug-likeness (QED) is 0.129. The smallest absolute Gasteiger partial charge is 1.00 e. The molecule has 3 aliphatic heterocycles. The first kappa shape index (κ1) is 59.1. The van der Waals surface area contributed by atoms with Gasteiger partial charge >= 0.3 is 23.1 Å². The second-order valence-electron chi connectivity index (χ2n) is 24.3. The Morgan fingerprint density at radius 3 is 1.15 bits per heavy atom. The molecule has 2 aliphatic carbocycles. The third kappa shape index (κ3) is 10.7. The molecule has 0 spiro atoms. The van der Waals surface area contributed by atoms with Crippen molar-refractivity contribution in [1.29, 1.82) is 0 Å². The summed E-state index contributed by atoms with van der Waals surface area (Å²) in [6.07, 6.45) is 9.90. The number of para-hydroxylation sites is 4. The Labute approximate surface area is 550 Å². The molecule has 0 fully saturated rings. The summed E-state index contributed by atoms with van der Waals surface area (Å²) in [5.74, 6) is 0. The van der Waals surface area contributed by atoms with Crippen LogP contribution in [0.3, 0.4) is 0 Å². The Hall–Kier alpha value is -8.85. The zero-order chi connectivity index (χ0) is 58.9. The molecule has 17 rings (SSSR count). The Balaban J connectivity index is 0.000000144.